The highest BCUT2D eigenvalue weighted by Gasteiger charge is 2.26. The summed E-state index contributed by atoms with van der Waals surface area (Å²) in [6.45, 7) is 1.75. The van der Waals surface area contributed by atoms with Gasteiger partial charge in [0, 0.05) is 25.7 Å². The molecule has 1 unspecified atom stereocenters. The van der Waals surface area contributed by atoms with E-state index in [0.717, 1.165) is 25.1 Å². The van der Waals surface area contributed by atoms with E-state index in [2.05, 4.69) is 20.4 Å². The SMILES string of the molecule is CCNC(=NCc1ccc(O)cc1)NC1CCN(c2ccccc2OC(F)F)C1. The molecule has 0 aliphatic carbocycles. The Balaban J connectivity index is 1.62. The average molecular weight is 404 g/mol. The summed E-state index contributed by atoms with van der Waals surface area (Å²) in [5.74, 6) is 1.12. The lowest BCUT2D eigenvalue weighted by Gasteiger charge is -2.22. The Kier molecular flexibility index (Phi) is 7.10. The molecule has 1 aliphatic heterocycles. The van der Waals surface area contributed by atoms with Gasteiger partial charge in [-0.1, -0.05) is 24.3 Å². The van der Waals surface area contributed by atoms with Crippen LogP contribution < -0.4 is 20.3 Å². The molecule has 0 spiro atoms. The van der Waals surface area contributed by atoms with E-state index < -0.39 is 6.61 Å². The second-order valence-electron chi connectivity index (χ2n) is 6.78. The van der Waals surface area contributed by atoms with Crippen molar-refractivity contribution in [2.24, 2.45) is 4.99 Å². The number of benzene rings is 2. The summed E-state index contributed by atoms with van der Waals surface area (Å²) in [6.07, 6.45) is 0.854. The topological polar surface area (TPSA) is 69.1 Å². The van der Waals surface area contributed by atoms with E-state index in [-0.39, 0.29) is 17.5 Å². The van der Waals surface area contributed by atoms with Crippen LogP contribution in [0.2, 0.25) is 0 Å². The molecule has 29 heavy (non-hydrogen) atoms. The van der Waals surface area contributed by atoms with Crippen LogP contribution >= 0.6 is 0 Å². The molecule has 1 saturated heterocycles. The molecule has 0 aromatic heterocycles. The molecule has 0 saturated carbocycles. The third-order valence-corrected chi connectivity index (χ3v) is 4.65. The van der Waals surface area contributed by atoms with Crippen molar-refractivity contribution in [3.8, 4) is 11.5 Å². The van der Waals surface area contributed by atoms with Crippen molar-refractivity contribution in [1.82, 2.24) is 10.6 Å². The number of rotatable bonds is 7. The molecule has 1 heterocycles. The maximum Gasteiger partial charge on any atom is 0.387 e. The molecule has 1 atom stereocenters. The van der Waals surface area contributed by atoms with Gasteiger partial charge in [0.25, 0.3) is 0 Å². The molecule has 8 heteroatoms. The van der Waals surface area contributed by atoms with E-state index >= 15 is 0 Å². The Morgan fingerprint density at radius 2 is 2.00 bits per heavy atom. The van der Waals surface area contributed by atoms with Crippen molar-refractivity contribution in [2.75, 3.05) is 24.5 Å². The predicted octanol–water partition coefficient (Wildman–Crippen LogP) is 3.33. The van der Waals surface area contributed by atoms with Crippen LogP contribution in [-0.4, -0.2) is 43.4 Å². The lowest BCUT2D eigenvalue weighted by molar-refractivity contribution is -0.0495. The number of hydrogen-bond acceptors (Lipinski definition) is 4. The number of anilines is 1. The minimum Gasteiger partial charge on any atom is -0.508 e. The first-order valence-corrected chi connectivity index (χ1v) is 9.66. The van der Waals surface area contributed by atoms with E-state index in [9.17, 15) is 13.9 Å². The number of hydrogen-bond donors (Lipinski definition) is 3. The van der Waals surface area contributed by atoms with Crippen LogP contribution in [-0.2, 0) is 6.54 Å². The summed E-state index contributed by atoms with van der Waals surface area (Å²) >= 11 is 0. The van der Waals surface area contributed by atoms with Crippen molar-refractivity contribution < 1.29 is 18.6 Å². The Hall–Kier alpha value is -3.03. The maximum absolute atomic E-state index is 12.7. The van der Waals surface area contributed by atoms with Crippen LogP contribution in [0.5, 0.6) is 11.5 Å². The molecule has 2 aromatic rings. The monoisotopic (exact) mass is 404 g/mol. The van der Waals surface area contributed by atoms with Crippen molar-refractivity contribution in [3.05, 3.63) is 54.1 Å². The molecule has 6 nitrogen and oxygen atoms in total. The van der Waals surface area contributed by atoms with E-state index in [0.29, 0.717) is 24.7 Å². The molecule has 1 fully saturated rings. The molecule has 0 bridgehead atoms. The van der Waals surface area contributed by atoms with Gasteiger partial charge in [0.2, 0.25) is 0 Å². The van der Waals surface area contributed by atoms with Crippen molar-refractivity contribution in [2.45, 2.75) is 32.5 Å². The second-order valence-corrected chi connectivity index (χ2v) is 6.78. The van der Waals surface area contributed by atoms with Gasteiger partial charge in [0.15, 0.2) is 5.96 Å². The van der Waals surface area contributed by atoms with Gasteiger partial charge in [0.05, 0.1) is 12.2 Å². The summed E-state index contributed by atoms with van der Waals surface area (Å²) in [5.41, 5.74) is 1.66. The minimum atomic E-state index is -2.85. The lowest BCUT2D eigenvalue weighted by Crippen LogP contribution is -2.44. The standard InChI is InChI=1S/C21H26F2N4O2/c1-2-24-21(25-13-15-7-9-17(28)10-8-15)26-16-11-12-27(14-16)18-5-3-4-6-19(18)29-20(22)23/h3-10,16,20,28H,2,11-14H2,1H3,(H2,24,25,26). The second kappa shape index (κ2) is 9.95. The molecule has 0 radical (unpaired) electrons. The Labute approximate surface area is 169 Å². The number of aliphatic imine (C=N–C) groups is 1. The van der Waals surface area contributed by atoms with E-state index in [1.165, 1.54) is 0 Å². The third kappa shape index (κ3) is 5.97. The van der Waals surface area contributed by atoms with Gasteiger partial charge in [-0.3, -0.25) is 0 Å². The summed E-state index contributed by atoms with van der Waals surface area (Å²) in [7, 11) is 0. The Bertz CT molecular complexity index is 815. The predicted molar refractivity (Wildman–Crippen MR) is 110 cm³/mol. The highest BCUT2D eigenvalue weighted by Crippen LogP contribution is 2.31. The normalized spacial score (nSPS) is 16.9. The number of phenols is 1. The Morgan fingerprint density at radius 1 is 1.24 bits per heavy atom. The molecular formula is C21H26F2N4O2. The average Bonchev–Trinajstić information content (AvgIpc) is 3.16. The van der Waals surface area contributed by atoms with Gasteiger partial charge in [-0.15, -0.1) is 0 Å². The van der Waals surface area contributed by atoms with Crippen LogP contribution in [0.1, 0.15) is 18.9 Å². The van der Waals surface area contributed by atoms with Crippen LogP contribution in [0.3, 0.4) is 0 Å². The molecule has 0 amide bonds. The fourth-order valence-corrected chi connectivity index (χ4v) is 3.30. The van der Waals surface area contributed by atoms with Crippen molar-refractivity contribution in [1.29, 1.82) is 0 Å². The largest absolute Gasteiger partial charge is 0.508 e. The molecule has 3 N–H and O–H groups in total. The van der Waals surface area contributed by atoms with E-state index in [4.69, 9.17) is 0 Å². The molecule has 1 aliphatic rings. The van der Waals surface area contributed by atoms with Gasteiger partial charge in [-0.05, 0) is 43.2 Å². The first-order valence-electron chi connectivity index (χ1n) is 9.66. The van der Waals surface area contributed by atoms with Crippen LogP contribution in [0, 0.1) is 0 Å². The van der Waals surface area contributed by atoms with E-state index in [1.807, 2.05) is 30.0 Å². The van der Waals surface area contributed by atoms with Gasteiger partial charge >= 0.3 is 6.61 Å². The zero-order valence-corrected chi connectivity index (χ0v) is 16.3. The number of alkyl halides is 2. The first-order chi connectivity index (χ1) is 14.0. The number of guanidine groups is 1. The van der Waals surface area contributed by atoms with E-state index in [1.54, 1.807) is 30.3 Å². The maximum atomic E-state index is 12.7. The lowest BCUT2D eigenvalue weighted by atomic mass is 10.2. The fourth-order valence-electron chi connectivity index (χ4n) is 3.30. The zero-order chi connectivity index (χ0) is 20.6. The number of nitrogens with one attached hydrogen (secondary N) is 2. The van der Waals surface area contributed by atoms with Crippen molar-refractivity contribution in [3.63, 3.8) is 0 Å². The number of phenolic OH excluding ortho intramolecular Hbond substituents is 1. The van der Waals surface area contributed by atoms with Gasteiger partial charge in [0.1, 0.15) is 11.5 Å². The summed E-state index contributed by atoms with van der Waals surface area (Å²) in [5, 5.41) is 16.0. The smallest absolute Gasteiger partial charge is 0.387 e. The molecular weight excluding hydrogens is 378 g/mol. The van der Waals surface area contributed by atoms with Gasteiger partial charge < -0.3 is 25.4 Å². The first kappa shape index (κ1) is 20.7. The van der Waals surface area contributed by atoms with Gasteiger partial charge in [-0.25, -0.2) is 4.99 Å². The summed E-state index contributed by atoms with van der Waals surface area (Å²) in [4.78, 5) is 6.64. The fraction of sp³-hybridized carbons (Fsp3) is 0.381. The minimum absolute atomic E-state index is 0.132. The number of aromatic hydroxyl groups is 1. The van der Waals surface area contributed by atoms with Gasteiger partial charge in [-0.2, -0.15) is 8.78 Å². The number of para-hydroxylation sites is 2. The van der Waals surface area contributed by atoms with Crippen LogP contribution in [0.25, 0.3) is 0 Å². The molecule has 156 valence electrons. The Morgan fingerprint density at radius 3 is 2.72 bits per heavy atom. The number of ether oxygens (including phenoxy) is 1. The highest BCUT2D eigenvalue weighted by molar-refractivity contribution is 5.80. The zero-order valence-electron chi connectivity index (χ0n) is 16.3. The van der Waals surface area contributed by atoms with Crippen LogP contribution in [0.15, 0.2) is 53.5 Å². The number of nitrogens with zero attached hydrogens (tertiary/aromatic N) is 2. The number of halogens is 2. The van der Waals surface area contributed by atoms with Crippen LogP contribution in [0.4, 0.5) is 14.5 Å². The summed E-state index contributed by atoms with van der Waals surface area (Å²) in [6, 6.07) is 13.9. The molecule has 3 rings (SSSR count). The highest BCUT2D eigenvalue weighted by atomic mass is 19.3. The third-order valence-electron chi connectivity index (χ3n) is 4.65. The summed E-state index contributed by atoms with van der Waals surface area (Å²) < 4.78 is 30.0. The van der Waals surface area contributed by atoms with Crippen molar-refractivity contribution >= 4 is 11.6 Å². The molecule has 2 aromatic carbocycles. The quantitative estimate of drug-likeness (QED) is 0.488.